The van der Waals surface area contributed by atoms with Crippen molar-refractivity contribution in [1.82, 2.24) is 9.79 Å². The molecule has 1 fully saturated rings. The Morgan fingerprint density at radius 1 is 1.14 bits per heavy atom. The number of nitrogens with one attached hydrogen (secondary N) is 1. The lowest BCUT2D eigenvalue weighted by Gasteiger charge is -2.21. The van der Waals surface area contributed by atoms with Gasteiger partial charge >= 0.3 is 0 Å². The maximum Gasteiger partial charge on any atom is 0.267 e. The summed E-state index contributed by atoms with van der Waals surface area (Å²) in [5.74, 6) is -6.33. The highest BCUT2D eigenvalue weighted by atomic mass is 32.2. The minimum absolute atomic E-state index is 0.0583. The van der Waals surface area contributed by atoms with Gasteiger partial charge in [0.15, 0.2) is 23.3 Å². The molecule has 4 nitrogen and oxygen atoms in total. The van der Waals surface area contributed by atoms with Gasteiger partial charge in [-0.05, 0) is 42.0 Å². The first kappa shape index (κ1) is 20.4. The lowest BCUT2D eigenvalue weighted by Crippen LogP contribution is -2.18. The fourth-order valence-corrected chi connectivity index (χ4v) is 3.63. The summed E-state index contributed by atoms with van der Waals surface area (Å²) in [6.07, 6.45) is 4.31. The van der Waals surface area contributed by atoms with Gasteiger partial charge in [0.05, 0.1) is 0 Å². The molecule has 1 aliphatic carbocycles. The van der Waals surface area contributed by atoms with Gasteiger partial charge in [-0.15, -0.1) is 0 Å². The molecule has 2 aromatic rings. The first-order valence-corrected chi connectivity index (χ1v) is 9.15. The zero-order valence-electron chi connectivity index (χ0n) is 14.5. The molecule has 0 aliphatic heterocycles. The smallest absolute Gasteiger partial charge is 0.267 e. The Labute approximate surface area is 162 Å². The van der Waals surface area contributed by atoms with Gasteiger partial charge in [-0.3, -0.25) is 10.0 Å². The Balaban J connectivity index is 1.75. The van der Waals surface area contributed by atoms with E-state index in [9.17, 15) is 22.4 Å². The highest BCUT2D eigenvalue weighted by Crippen LogP contribution is 2.39. The number of amides is 1. The lowest BCUT2D eigenvalue weighted by molar-refractivity contribution is -0.124. The Morgan fingerprint density at radius 2 is 1.75 bits per heavy atom. The Bertz CT molecular complexity index is 876. The van der Waals surface area contributed by atoms with Gasteiger partial charge in [0, 0.05) is 24.7 Å². The number of hydrogen-bond acceptors (Lipinski definition) is 4. The summed E-state index contributed by atoms with van der Waals surface area (Å²) in [5.41, 5.74) is 3.01. The van der Waals surface area contributed by atoms with Crippen LogP contribution in [-0.2, 0) is 11.3 Å². The first-order chi connectivity index (χ1) is 13.4. The number of halogens is 4. The van der Waals surface area contributed by atoms with Gasteiger partial charge in [0.25, 0.3) is 5.91 Å². The van der Waals surface area contributed by atoms with Gasteiger partial charge in [-0.2, -0.15) is 0 Å². The van der Waals surface area contributed by atoms with Crippen molar-refractivity contribution in [3.8, 4) is 0 Å². The van der Waals surface area contributed by atoms with Crippen LogP contribution in [0.15, 0.2) is 41.3 Å². The molecule has 3 rings (SSSR count). The van der Waals surface area contributed by atoms with Crippen LogP contribution in [0.4, 0.5) is 17.6 Å². The van der Waals surface area contributed by atoms with Crippen molar-refractivity contribution in [1.29, 1.82) is 0 Å². The predicted molar refractivity (Wildman–Crippen MR) is 96.1 cm³/mol. The number of benzene rings is 2. The Hall–Kier alpha value is -2.36. The van der Waals surface area contributed by atoms with E-state index in [4.69, 9.17) is 5.21 Å². The van der Waals surface area contributed by atoms with E-state index in [2.05, 4.69) is 0 Å². The van der Waals surface area contributed by atoms with Crippen LogP contribution in [0.3, 0.4) is 0 Å². The molecule has 28 heavy (non-hydrogen) atoms. The SMILES string of the molecule is O=C(/C=C/c1ccc(CN(Sc2c(F)c(F)cc(F)c2F)C2CC2)cc1)NO. The Kier molecular flexibility index (Phi) is 6.38. The summed E-state index contributed by atoms with van der Waals surface area (Å²) in [6, 6.07) is 7.25. The first-order valence-electron chi connectivity index (χ1n) is 8.37. The molecule has 0 radical (unpaired) electrons. The molecule has 0 unspecified atom stereocenters. The summed E-state index contributed by atoms with van der Waals surface area (Å²) in [6.45, 7) is 0.313. The largest absolute Gasteiger partial charge is 0.288 e. The third-order valence-electron chi connectivity index (χ3n) is 4.09. The molecule has 1 saturated carbocycles. The fourth-order valence-electron chi connectivity index (χ4n) is 2.47. The van der Waals surface area contributed by atoms with Crippen molar-refractivity contribution in [2.45, 2.75) is 30.3 Å². The molecule has 1 aliphatic rings. The van der Waals surface area contributed by atoms with Crippen LogP contribution in [0.2, 0.25) is 0 Å². The molecule has 0 spiro atoms. The van der Waals surface area contributed by atoms with Crippen molar-refractivity contribution >= 4 is 23.9 Å². The van der Waals surface area contributed by atoms with E-state index in [0.29, 0.717) is 24.1 Å². The summed E-state index contributed by atoms with van der Waals surface area (Å²) in [4.78, 5) is 10.3. The third kappa shape index (κ3) is 4.92. The average molecular weight is 412 g/mol. The topological polar surface area (TPSA) is 52.6 Å². The second-order valence-corrected chi connectivity index (χ2v) is 7.31. The van der Waals surface area contributed by atoms with Crippen molar-refractivity contribution in [3.05, 3.63) is 70.8 Å². The molecule has 1 amide bonds. The molecule has 148 valence electrons. The molecule has 2 N–H and O–H groups in total. The van der Waals surface area contributed by atoms with E-state index in [0.717, 1.165) is 24.5 Å². The molecule has 0 atom stereocenters. The van der Waals surface area contributed by atoms with Crippen LogP contribution in [0.25, 0.3) is 6.08 Å². The number of hydrogen-bond donors (Lipinski definition) is 2. The highest BCUT2D eigenvalue weighted by molar-refractivity contribution is 7.97. The second-order valence-electron chi connectivity index (χ2n) is 6.25. The molecule has 2 aromatic carbocycles. The van der Waals surface area contributed by atoms with E-state index in [-0.39, 0.29) is 12.1 Å². The molecular weight excluding hydrogens is 396 g/mol. The van der Waals surface area contributed by atoms with E-state index in [1.165, 1.54) is 11.6 Å². The summed E-state index contributed by atoms with van der Waals surface area (Å²) < 4.78 is 56.5. The Morgan fingerprint density at radius 3 is 2.29 bits per heavy atom. The van der Waals surface area contributed by atoms with Gasteiger partial charge in [0.1, 0.15) is 4.90 Å². The summed E-state index contributed by atoms with van der Waals surface area (Å²) in [5, 5.41) is 8.45. The third-order valence-corrected chi connectivity index (χ3v) is 5.29. The predicted octanol–water partition coefficient (Wildman–Crippen LogP) is 4.43. The maximum absolute atomic E-state index is 14.0. The maximum atomic E-state index is 14.0. The monoisotopic (exact) mass is 412 g/mol. The van der Waals surface area contributed by atoms with E-state index < -0.39 is 34.1 Å². The van der Waals surface area contributed by atoms with E-state index >= 15 is 0 Å². The molecule has 0 saturated heterocycles. The van der Waals surface area contributed by atoms with Gasteiger partial charge in [0.2, 0.25) is 0 Å². The van der Waals surface area contributed by atoms with Crippen LogP contribution in [-0.4, -0.2) is 21.5 Å². The van der Waals surface area contributed by atoms with Crippen LogP contribution >= 0.6 is 11.9 Å². The highest BCUT2D eigenvalue weighted by Gasteiger charge is 2.32. The van der Waals surface area contributed by atoms with Gasteiger partial charge in [-0.1, -0.05) is 24.3 Å². The second kappa shape index (κ2) is 8.76. The van der Waals surface area contributed by atoms with Crippen LogP contribution < -0.4 is 5.48 Å². The minimum Gasteiger partial charge on any atom is -0.288 e. The minimum atomic E-state index is -1.43. The standard InChI is InChI=1S/C19H16F4N2O2S/c20-14-9-15(21)18(23)19(17(14)22)28-25(13-6-7-13)10-12-3-1-11(2-4-12)5-8-16(26)24-27/h1-5,8-9,13,27H,6-7,10H2,(H,24,26)/b8-5+. The summed E-state index contributed by atoms with van der Waals surface area (Å²) in [7, 11) is 0. The van der Waals surface area contributed by atoms with Crippen LogP contribution in [0.1, 0.15) is 24.0 Å². The summed E-state index contributed by atoms with van der Waals surface area (Å²) >= 11 is 0.666. The average Bonchev–Trinajstić information content (AvgIpc) is 3.53. The van der Waals surface area contributed by atoms with Gasteiger partial charge < -0.3 is 0 Å². The zero-order chi connectivity index (χ0) is 20.3. The molecule has 0 heterocycles. The molecular formula is C19H16F4N2O2S. The number of carbonyl (C=O) groups is 1. The van der Waals surface area contributed by atoms with Gasteiger partial charge in [-0.25, -0.2) is 27.3 Å². The number of carbonyl (C=O) groups excluding carboxylic acids is 1. The molecule has 9 heteroatoms. The van der Waals surface area contributed by atoms with Crippen LogP contribution in [0, 0.1) is 23.3 Å². The van der Waals surface area contributed by atoms with Crippen molar-refractivity contribution in [2.24, 2.45) is 0 Å². The van der Waals surface area contributed by atoms with Crippen LogP contribution in [0.5, 0.6) is 0 Å². The molecule has 0 bridgehead atoms. The molecule has 0 aromatic heterocycles. The zero-order valence-corrected chi connectivity index (χ0v) is 15.3. The van der Waals surface area contributed by atoms with E-state index in [1.54, 1.807) is 28.6 Å². The fraction of sp³-hybridized carbons (Fsp3) is 0.211. The van der Waals surface area contributed by atoms with Crippen molar-refractivity contribution < 1.29 is 27.6 Å². The number of rotatable bonds is 7. The van der Waals surface area contributed by atoms with Crippen molar-refractivity contribution in [2.75, 3.05) is 0 Å². The number of hydroxylamine groups is 1. The van der Waals surface area contributed by atoms with E-state index in [1.807, 2.05) is 0 Å². The number of nitrogens with zero attached hydrogens (tertiary/aromatic N) is 1. The van der Waals surface area contributed by atoms with Crippen molar-refractivity contribution in [3.63, 3.8) is 0 Å². The quantitative estimate of drug-likeness (QED) is 0.176. The normalized spacial score (nSPS) is 14.1. The lowest BCUT2D eigenvalue weighted by atomic mass is 10.1.